The van der Waals surface area contributed by atoms with Crippen molar-refractivity contribution in [2.24, 2.45) is 11.0 Å². The highest BCUT2D eigenvalue weighted by Crippen LogP contribution is 2.48. The van der Waals surface area contributed by atoms with E-state index in [1.165, 1.54) is 0 Å². The molecule has 0 radical (unpaired) electrons. The van der Waals surface area contributed by atoms with E-state index in [0.717, 1.165) is 16.8 Å². The number of cyclic esters (lactones) is 1. The monoisotopic (exact) mass is 524 g/mol. The van der Waals surface area contributed by atoms with E-state index in [0.29, 0.717) is 32.4 Å². The topological polar surface area (TPSA) is 119 Å². The average molecular weight is 525 g/mol. The van der Waals surface area contributed by atoms with Crippen LogP contribution in [-0.4, -0.2) is 60.6 Å². The number of azide groups is 1. The van der Waals surface area contributed by atoms with Crippen LogP contribution in [-0.2, 0) is 4.74 Å². The molecule has 0 spiro atoms. The van der Waals surface area contributed by atoms with Gasteiger partial charge in [0, 0.05) is 23.9 Å². The highest BCUT2D eigenvalue weighted by Gasteiger charge is 2.58. The second kappa shape index (κ2) is 12.1. The second-order valence-electron chi connectivity index (χ2n) is 10.7. The Balaban J connectivity index is 1.92. The summed E-state index contributed by atoms with van der Waals surface area (Å²) in [6.07, 6.45) is 2.21. The normalized spacial score (nSPS) is 20.9. The zero-order valence-corrected chi connectivity index (χ0v) is 23.4. The number of carbonyl (C=O) groups is 1. The van der Waals surface area contributed by atoms with Crippen LogP contribution in [0.15, 0.2) is 65.8 Å². The molecule has 9 heteroatoms. The second-order valence-corrected chi connectivity index (χ2v) is 14.7. The van der Waals surface area contributed by atoms with Gasteiger partial charge in [-0.2, -0.15) is 0 Å². The molecular weight excluding hydrogens is 484 g/mol. The van der Waals surface area contributed by atoms with Crippen molar-refractivity contribution in [3.05, 3.63) is 71.1 Å². The highest BCUT2D eigenvalue weighted by atomic mass is 28.4. The molecule has 8 nitrogen and oxygen atoms in total. The number of carbonyl (C=O) groups excluding carboxylic acids is 1. The molecule has 0 aromatic heterocycles. The third-order valence-electron chi connectivity index (χ3n) is 8.15. The van der Waals surface area contributed by atoms with Gasteiger partial charge in [0.25, 0.3) is 8.32 Å². The van der Waals surface area contributed by atoms with E-state index in [9.17, 15) is 14.7 Å². The molecule has 1 fully saturated rings. The first-order chi connectivity index (χ1) is 17.7. The lowest BCUT2D eigenvalue weighted by Crippen LogP contribution is -2.66. The average Bonchev–Trinajstić information content (AvgIpc) is 3.16. The molecular formula is C28H40N4O4Si. The minimum absolute atomic E-state index is 0.0942. The van der Waals surface area contributed by atoms with Crippen molar-refractivity contribution in [1.82, 2.24) is 4.90 Å². The smallest absolute Gasteiger partial charge is 0.410 e. The number of nitrogens with zero attached hydrogens (tertiary/aromatic N) is 4. The highest BCUT2D eigenvalue weighted by molar-refractivity contribution is 6.98. The summed E-state index contributed by atoms with van der Waals surface area (Å²) in [6, 6.07) is 19.3. The van der Waals surface area contributed by atoms with Crippen LogP contribution in [0.1, 0.15) is 53.4 Å². The number of hydrogen-bond donors (Lipinski definition) is 2. The first-order valence-corrected chi connectivity index (χ1v) is 15.0. The van der Waals surface area contributed by atoms with Gasteiger partial charge in [-0.05, 0) is 53.5 Å². The molecule has 0 bridgehead atoms. The van der Waals surface area contributed by atoms with Crippen LogP contribution in [0.5, 0.6) is 0 Å². The van der Waals surface area contributed by atoms with E-state index in [4.69, 9.17) is 10.3 Å². The number of benzene rings is 2. The SMILES string of the molecule is CC[C@@H](CC(C)(C)[Si](O)(c1ccccc1)c1ccccc1)[C@@]1(C)OC(=O)N(CCCCN=[N+]=[N-])[C@@H]1CO. The van der Waals surface area contributed by atoms with Crippen molar-refractivity contribution in [1.29, 1.82) is 0 Å². The van der Waals surface area contributed by atoms with Crippen LogP contribution >= 0.6 is 0 Å². The van der Waals surface area contributed by atoms with Gasteiger partial charge in [0.05, 0.1) is 12.6 Å². The predicted molar refractivity (Wildman–Crippen MR) is 148 cm³/mol. The Labute approximate surface area is 221 Å². The fraction of sp³-hybridized carbons (Fsp3) is 0.536. The molecule has 1 saturated heterocycles. The summed E-state index contributed by atoms with van der Waals surface area (Å²) in [4.78, 5) is 30.0. The molecule has 37 heavy (non-hydrogen) atoms. The van der Waals surface area contributed by atoms with E-state index < -0.39 is 31.1 Å². The summed E-state index contributed by atoms with van der Waals surface area (Å²) in [5, 5.41) is 15.3. The van der Waals surface area contributed by atoms with Crippen LogP contribution in [0.4, 0.5) is 4.79 Å². The number of amides is 1. The number of ether oxygens (including phenoxy) is 1. The molecule has 2 aromatic carbocycles. The van der Waals surface area contributed by atoms with Gasteiger partial charge in [0.1, 0.15) is 5.60 Å². The summed E-state index contributed by atoms with van der Waals surface area (Å²) < 4.78 is 6.05. The molecule has 1 heterocycles. The summed E-state index contributed by atoms with van der Waals surface area (Å²) in [5.41, 5.74) is 7.57. The standard InChI is InChI=1S/C28H40N4O4Si/c1-5-22(28(4)25(21-33)32(26(34)36-28)19-13-12-18-30-31-29)20-27(2,3)37(35,23-14-8-6-9-15-23)24-16-10-7-11-17-24/h6-11,14-17,22,25,33,35H,5,12-13,18-21H2,1-4H3/t22-,25+,28+/m0/s1. The van der Waals surface area contributed by atoms with Gasteiger partial charge in [-0.15, -0.1) is 0 Å². The Morgan fingerprint density at radius 1 is 1.14 bits per heavy atom. The van der Waals surface area contributed by atoms with E-state index >= 15 is 0 Å². The van der Waals surface area contributed by atoms with Gasteiger partial charge < -0.3 is 14.6 Å². The molecule has 2 aromatic rings. The largest absolute Gasteiger partial charge is 0.440 e. The van der Waals surface area contributed by atoms with E-state index in [2.05, 4.69) is 30.8 Å². The molecule has 1 aliphatic rings. The van der Waals surface area contributed by atoms with Crippen LogP contribution < -0.4 is 10.4 Å². The van der Waals surface area contributed by atoms with Crippen molar-refractivity contribution in [3.8, 4) is 0 Å². The minimum Gasteiger partial charge on any atom is -0.440 e. The van der Waals surface area contributed by atoms with Gasteiger partial charge >= 0.3 is 6.09 Å². The van der Waals surface area contributed by atoms with Crippen LogP contribution in [0.25, 0.3) is 10.4 Å². The van der Waals surface area contributed by atoms with Gasteiger partial charge in [-0.25, -0.2) is 4.79 Å². The minimum atomic E-state index is -3.25. The lowest BCUT2D eigenvalue weighted by molar-refractivity contribution is -0.0257. The maximum Gasteiger partial charge on any atom is 0.410 e. The molecule has 2 N–H and O–H groups in total. The molecule has 0 saturated carbocycles. The number of hydrogen-bond acceptors (Lipinski definition) is 5. The van der Waals surface area contributed by atoms with Crippen molar-refractivity contribution in [3.63, 3.8) is 0 Å². The Morgan fingerprint density at radius 3 is 2.19 bits per heavy atom. The van der Waals surface area contributed by atoms with E-state index in [-0.39, 0.29) is 12.5 Å². The molecule has 1 aliphatic heterocycles. The molecule has 200 valence electrons. The molecule has 0 aliphatic carbocycles. The summed E-state index contributed by atoms with van der Waals surface area (Å²) in [7, 11) is -3.25. The number of aliphatic hydroxyl groups excluding tert-OH is 1. The van der Waals surface area contributed by atoms with Crippen molar-refractivity contribution < 1.29 is 19.4 Å². The Kier molecular flexibility index (Phi) is 9.42. The third-order valence-corrected chi connectivity index (χ3v) is 12.6. The maximum absolute atomic E-state index is 13.0. The van der Waals surface area contributed by atoms with Crippen LogP contribution in [0, 0.1) is 5.92 Å². The lowest BCUT2D eigenvalue weighted by atomic mass is 9.76. The fourth-order valence-corrected chi connectivity index (χ4v) is 9.75. The van der Waals surface area contributed by atoms with Gasteiger partial charge in [-0.3, -0.25) is 4.90 Å². The molecule has 0 unspecified atom stereocenters. The van der Waals surface area contributed by atoms with Crippen LogP contribution in [0.3, 0.4) is 0 Å². The Hall–Kier alpha value is -2.84. The third kappa shape index (κ3) is 5.70. The molecule has 1 amide bonds. The summed E-state index contributed by atoms with van der Waals surface area (Å²) in [6.45, 7) is 8.80. The zero-order chi connectivity index (χ0) is 27.1. The Bertz CT molecular complexity index is 1040. The number of unbranched alkanes of at least 4 members (excludes halogenated alkanes) is 1. The lowest BCUT2D eigenvalue weighted by Gasteiger charge is -2.46. The first-order valence-electron chi connectivity index (χ1n) is 13.1. The first kappa shape index (κ1) is 28.7. The summed E-state index contributed by atoms with van der Waals surface area (Å²) in [5.74, 6) is -0.0942. The van der Waals surface area contributed by atoms with E-state index in [1.54, 1.807) is 4.90 Å². The Morgan fingerprint density at radius 2 is 1.70 bits per heavy atom. The number of aliphatic hydroxyl groups is 1. The molecule has 3 atom stereocenters. The van der Waals surface area contributed by atoms with Gasteiger partial charge in [0.2, 0.25) is 0 Å². The van der Waals surface area contributed by atoms with Crippen molar-refractivity contribution in [2.75, 3.05) is 19.7 Å². The van der Waals surface area contributed by atoms with Gasteiger partial charge in [-0.1, -0.05) is 86.5 Å². The van der Waals surface area contributed by atoms with Gasteiger partial charge in [0.15, 0.2) is 0 Å². The van der Waals surface area contributed by atoms with E-state index in [1.807, 2.05) is 67.6 Å². The molecule has 3 rings (SSSR count). The predicted octanol–water partition coefficient (Wildman–Crippen LogP) is 4.60. The van der Waals surface area contributed by atoms with Crippen molar-refractivity contribution in [2.45, 2.75) is 70.1 Å². The van der Waals surface area contributed by atoms with Crippen LogP contribution in [0.2, 0.25) is 5.04 Å². The maximum atomic E-state index is 13.0. The zero-order valence-electron chi connectivity index (χ0n) is 22.4. The fourth-order valence-electron chi connectivity index (χ4n) is 5.97. The quantitative estimate of drug-likeness (QED) is 0.131. The number of rotatable bonds is 13. The van der Waals surface area contributed by atoms with Crippen molar-refractivity contribution >= 4 is 24.8 Å². The summed E-state index contributed by atoms with van der Waals surface area (Å²) >= 11 is 0.